The van der Waals surface area contributed by atoms with Crippen LogP contribution in [0.3, 0.4) is 0 Å². The van der Waals surface area contributed by atoms with Crippen LogP contribution in [0.5, 0.6) is 0 Å². The van der Waals surface area contributed by atoms with E-state index in [4.69, 9.17) is 11.2 Å². The fraction of sp³-hybridized carbons (Fsp3) is 0.600. The normalized spacial score (nSPS) is 16.0. The third kappa shape index (κ3) is 4.15. The average molecular weight is 303 g/mol. The van der Waals surface area contributed by atoms with Crippen LogP contribution in [0.1, 0.15) is 37.4 Å². The fourth-order valence-corrected chi connectivity index (χ4v) is 2.34. The summed E-state index contributed by atoms with van der Waals surface area (Å²) in [5.41, 5.74) is 0.477. The van der Waals surface area contributed by atoms with Gasteiger partial charge in [-0.2, -0.15) is 15.3 Å². The number of ether oxygens (including phenoxy) is 1. The Labute approximate surface area is 130 Å². The second kappa shape index (κ2) is 7.18. The molecule has 0 aliphatic carbocycles. The van der Waals surface area contributed by atoms with Crippen molar-refractivity contribution in [3.63, 3.8) is 0 Å². The van der Waals surface area contributed by atoms with Gasteiger partial charge in [0.2, 0.25) is 5.91 Å². The zero-order valence-electron chi connectivity index (χ0n) is 13.0. The predicted molar refractivity (Wildman–Crippen MR) is 80.9 cm³/mol. The summed E-state index contributed by atoms with van der Waals surface area (Å²) in [7, 11) is 3.44. The van der Waals surface area contributed by atoms with Crippen molar-refractivity contribution in [2.75, 3.05) is 13.7 Å². The van der Waals surface area contributed by atoms with E-state index in [0.29, 0.717) is 32.3 Å². The van der Waals surface area contributed by atoms with Gasteiger partial charge in [0.05, 0.1) is 18.3 Å². The molecule has 2 heterocycles. The molecule has 0 saturated heterocycles. The molecule has 1 amide bonds. The van der Waals surface area contributed by atoms with Gasteiger partial charge >= 0.3 is 0 Å². The molecule has 1 unspecified atom stereocenters. The summed E-state index contributed by atoms with van der Waals surface area (Å²) in [5, 5.41) is 15.2. The molecular weight excluding hydrogens is 282 g/mol. The lowest BCUT2D eigenvalue weighted by atomic mass is 10.0. The number of hydrogen-bond acceptors (Lipinski definition) is 5. The Kier molecular flexibility index (Phi) is 5.28. The second-order valence-electron chi connectivity index (χ2n) is 5.34. The lowest BCUT2D eigenvalue weighted by Crippen LogP contribution is -2.33. The monoisotopic (exact) mass is 303 g/mol. The smallest absolute Gasteiger partial charge is 0.220 e. The van der Waals surface area contributed by atoms with Crippen LogP contribution in [-0.2, 0) is 16.6 Å². The number of nitrogens with one attached hydrogen (secondary N) is 1. The van der Waals surface area contributed by atoms with Crippen LogP contribution in [0.4, 0.5) is 0 Å². The Morgan fingerprint density at radius 1 is 1.55 bits per heavy atom. The van der Waals surface area contributed by atoms with E-state index in [1.54, 1.807) is 18.0 Å². The topological polar surface area (TPSA) is 80.9 Å². The van der Waals surface area contributed by atoms with Crippen LogP contribution in [0.15, 0.2) is 22.5 Å². The maximum Gasteiger partial charge on any atom is 0.220 e. The number of hydrogen-bond donors (Lipinski definition) is 1. The van der Waals surface area contributed by atoms with Gasteiger partial charge in [0.15, 0.2) is 5.66 Å². The number of methoxy groups -OCH3 is 1. The van der Waals surface area contributed by atoms with E-state index in [9.17, 15) is 4.79 Å². The number of aryl methyl sites for hydroxylation is 1. The van der Waals surface area contributed by atoms with Crippen molar-refractivity contribution in [2.45, 2.75) is 37.4 Å². The minimum Gasteiger partial charge on any atom is -0.382 e. The van der Waals surface area contributed by atoms with Crippen LogP contribution < -0.4 is 5.32 Å². The molecule has 1 aliphatic heterocycles. The van der Waals surface area contributed by atoms with E-state index in [0.717, 1.165) is 5.69 Å². The Balaban J connectivity index is 1.84. The van der Waals surface area contributed by atoms with Crippen LogP contribution in [-0.4, -0.2) is 35.1 Å². The molecule has 22 heavy (non-hydrogen) atoms. The number of nitrogens with zero attached hydrogens (tertiary/aromatic N) is 4. The molecule has 1 N–H and O–H groups in total. The van der Waals surface area contributed by atoms with Crippen molar-refractivity contribution in [3.8, 4) is 12.3 Å². The third-order valence-corrected chi connectivity index (χ3v) is 3.69. The van der Waals surface area contributed by atoms with Gasteiger partial charge in [-0.05, 0) is 6.07 Å². The average Bonchev–Trinajstić information content (AvgIpc) is 3.15. The molecule has 118 valence electrons. The Morgan fingerprint density at radius 3 is 2.86 bits per heavy atom. The summed E-state index contributed by atoms with van der Waals surface area (Å²) in [6.45, 7) is 0.391. The molecule has 0 aromatic carbocycles. The fourth-order valence-electron chi connectivity index (χ4n) is 2.34. The molecule has 0 fully saturated rings. The molecule has 7 nitrogen and oxygen atoms in total. The van der Waals surface area contributed by atoms with Gasteiger partial charge in [0.25, 0.3) is 0 Å². The first kappa shape index (κ1) is 16.2. The molecular formula is C15H21N5O2. The van der Waals surface area contributed by atoms with E-state index in [-0.39, 0.29) is 11.9 Å². The lowest BCUT2D eigenvalue weighted by Gasteiger charge is -2.18. The van der Waals surface area contributed by atoms with E-state index in [1.165, 1.54) is 0 Å². The molecule has 1 aromatic heterocycles. The molecule has 0 bridgehead atoms. The van der Waals surface area contributed by atoms with Crippen LogP contribution in [0.25, 0.3) is 0 Å². The first-order valence-corrected chi connectivity index (χ1v) is 7.24. The summed E-state index contributed by atoms with van der Waals surface area (Å²) in [6.07, 6.45) is 9.22. The van der Waals surface area contributed by atoms with Gasteiger partial charge in [-0.25, -0.2) is 0 Å². The largest absolute Gasteiger partial charge is 0.382 e. The van der Waals surface area contributed by atoms with Crippen LogP contribution in [0.2, 0.25) is 0 Å². The molecule has 0 saturated carbocycles. The minimum atomic E-state index is -0.424. The predicted octanol–water partition coefficient (Wildman–Crippen LogP) is 1.58. The van der Waals surface area contributed by atoms with Crippen molar-refractivity contribution in [1.29, 1.82) is 0 Å². The second-order valence-corrected chi connectivity index (χ2v) is 5.34. The zero-order valence-corrected chi connectivity index (χ0v) is 13.0. The van der Waals surface area contributed by atoms with Gasteiger partial charge in [0, 0.05) is 46.0 Å². The maximum atomic E-state index is 12.2. The van der Waals surface area contributed by atoms with E-state index >= 15 is 0 Å². The summed E-state index contributed by atoms with van der Waals surface area (Å²) in [6, 6.07) is 1.64. The highest BCUT2D eigenvalue weighted by molar-refractivity contribution is 5.76. The first-order valence-electron chi connectivity index (χ1n) is 7.24. The van der Waals surface area contributed by atoms with E-state index < -0.39 is 5.66 Å². The highest BCUT2D eigenvalue weighted by atomic mass is 16.5. The summed E-state index contributed by atoms with van der Waals surface area (Å²) in [5.74, 6) is 2.52. The highest BCUT2D eigenvalue weighted by Gasteiger charge is 2.39. The molecule has 1 aromatic rings. The number of rotatable bonds is 9. The standard InChI is InChI=1S/C15H21N5O2/c1-4-5-8-15(18-19-15)9-6-14(21)17-12(11-22-3)13-7-10-16-20(13)2/h1,7,10,12H,5-6,8-9,11H2,2-3H3,(H,17,21). The third-order valence-electron chi connectivity index (χ3n) is 3.69. The summed E-state index contributed by atoms with van der Waals surface area (Å²) < 4.78 is 6.91. The number of carbonyl (C=O) groups excluding carboxylic acids is 1. The van der Waals surface area contributed by atoms with Gasteiger partial charge in [-0.15, -0.1) is 12.3 Å². The van der Waals surface area contributed by atoms with Crippen LogP contribution in [0, 0.1) is 12.3 Å². The highest BCUT2D eigenvalue weighted by Crippen LogP contribution is 2.37. The van der Waals surface area contributed by atoms with Gasteiger partial charge in [-0.1, -0.05) is 0 Å². The number of terminal acetylenes is 1. The molecule has 2 rings (SSSR count). The molecule has 7 heteroatoms. The molecule has 0 spiro atoms. The number of carbonyl (C=O) groups is 1. The van der Waals surface area contributed by atoms with E-state index in [1.807, 2.05) is 13.1 Å². The zero-order chi connectivity index (χ0) is 16.0. The quantitative estimate of drug-likeness (QED) is 0.703. The SMILES string of the molecule is C#CCCC1(CCC(=O)NC(COC)c2ccnn2C)N=N1. The van der Waals surface area contributed by atoms with Crippen molar-refractivity contribution in [1.82, 2.24) is 15.1 Å². The van der Waals surface area contributed by atoms with Crippen molar-refractivity contribution >= 4 is 5.91 Å². The van der Waals surface area contributed by atoms with Crippen molar-refractivity contribution in [2.24, 2.45) is 17.3 Å². The van der Waals surface area contributed by atoms with Crippen LogP contribution >= 0.6 is 0 Å². The van der Waals surface area contributed by atoms with Crippen molar-refractivity contribution < 1.29 is 9.53 Å². The number of amides is 1. The maximum absolute atomic E-state index is 12.2. The van der Waals surface area contributed by atoms with E-state index in [2.05, 4.69) is 26.6 Å². The Bertz CT molecular complexity index is 581. The van der Waals surface area contributed by atoms with Gasteiger partial charge in [-0.3, -0.25) is 9.48 Å². The molecule has 1 aliphatic rings. The Hall–Kier alpha value is -2.20. The number of aromatic nitrogens is 2. The van der Waals surface area contributed by atoms with Crippen molar-refractivity contribution in [3.05, 3.63) is 18.0 Å². The molecule has 0 radical (unpaired) electrons. The van der Waals surface area contributed by atoms with Gasteiger partial charge in [0.1, 0.15) is 0 Å². The summed E-state index contributed by atoms with van der Waals surface area (Å²) >= 11 is 0. The van der Waals surface area contributed by atoms with Gasteiger partial charge < -0.3 is 10.1 Å². The Morgan fingerprint density at radius 2 is 2.32 bits per heavy atom. The first-order chi connectivity index (χ1) is 10.6. The lowest BCUT2D eigenvalue weighted by molar-refractivity contribution is -0.122. The minimum absolute atomic E-state index is 0.0550. The molecule has 1 atom stereocenters. The summed E-state index contributed by atoms with van der Waals surface area (Å²) in [4.78, 5) is 12.2.